The number of carbonyl (C=O) groups excluding carboxylic acids is 1. The lowest BCUT2D eigenvalue weighted by Crippen LogP contribution is -2.15. The first kappa shape index (κ1) is 18.2. The van der Waals surface area contributed by atoms with E-state index in [1.165, 1.54) is 0 Å². The van der Waals surface area contributed by atoms with E-state index in [1.807, 2.05) is 13.0 Å². The second-order valence-corrected chi connectivity index (χ2v) is 5.79. The van der Waals surface area contributed by atoms with Crippen LogP contribution in [-0.2, 0) is 17.6 Å². The Hall–Kier alpha value is -1.84. The SMILES string of the molecule is CCOC(=O)c1ccc(CCCC(C)C)c(CC)c1C(=O)O. The van der Waals surface area contributed by atoms with Gasteiger partial charge in [0.25, 0.3) is 0 Å². The molecule has 0 spiro atoms. The second-order valence-electron chi connectivity index (χ2n) is 5.79. The molecule has 1 aromatic rings. The Morgan fingerprint density at radius 3 is 2.41 bits per heavy atom. The Morgan fingerprint density at radius 2 is 1.91 bits per heavy atom. The molecule has 4 heteroatoms. The van der Waals surface area contributed by atoms with E-state index < -0.39 is 11.9 Å². The molecule has 0 aliphatic heterocycles. The van der Waals surface area contributed by atoms with Crippen LogP contribution in [0.4, 0.5) is 0 Å². The van der Waals surface area contributed by atoms with Gasteiger partial charge in [-0.25, -0.2) is 9.59 Å². The number of aryl methyl sites for hydroxylation is 1. The minimum Gasteiger partial charge on any atom is -0.478 e. The summed E-state index contributed by atoms with van der Waals surface area (Å²) in [7, 11) is 0. The minimum atomic E-state index is -1.06. The summed E-state index contributed by atoms with van der Waals surface area (Å²) in [5.41, 5.74) is 2.03. The lowest BCUT2D eigenvalue weighted by Gasteiger charge is -2.15. The molecular formula is C18H26O4. The number of hydrogen-bond donors (Lipinski definition) is 1. The molecule has 0 heterocycles. The van der Waals surface area contributed by atoms with Gasteiger partial charge in [0.05, 0.1) is 17.7 Å². The van der Waals surface area contributed by atoms with Gasteiger partial charge in [-0.1, -0.05) is 33.3 Å². The molecule has 122 valence electrons. The van der Waals surface area contributed by atoms with Crippen molar-refractivity contribution in [3.05, 3.63) is 34.4 Å². The molecular weight excluding hydrogens is 280 g/mol. The third-order valence-corrected chi connectivity index (χ3v) is 3.70. The van der Waals surface area contributed by atoms with Crippen molar-refractivity contribution in [3.8, 4) is 0 Å². The molecule has 0 amide bonds. The highest BCUT2D eigenvalue weighted by Crippen LogP contribution is 2.23. The number of benzene rings is 1. The van der Waals surface area contributed by atoms with Crippen molar-refractivity contribution in [2.75, 3.05) is 6.61 Å². The quantitative estimate of drug-likeness (QED) is 0.734. The van der Waals surface area contributed by atoms with Gasteiger partial charge in [0.1, 0.15) is 0 Å². The fourth-order valence-electron chi connectivity index (χ4n) is 2.65. The van der Waals surface area contributed by atoms with Crippen molar-refractivity contribution in [1.82, 2.24) is 0 Å². The molecule has 4 nitrogen and oxygen atoms in total. The molecule has 0 bridgehead atoms. The van der Waals surface area contributed by atoms with Crippen LogP contribution < -0.4 is 0 Å². The highest BCUT2D eigenvalue weighted by Gasteiger charge is 2.22. The van der Waals surface area contributed by atoms with Crippen LogP contribution >= 0.6 is 0 Å². The van der Waals surface area contributed by atoms with Gasteiger partial charge < -0.3 is 9.84 Å². The van der Waals surface area contributed by atoms with Gasteiger partial charge in [-0.3, -0.25) is 0 Å². The average molecular weight is 306 g/mol. The smallest absolute Gasteiger partial charge is 0.339 e. The van der Waals surface area contributed by atoms with Crippen LogP contribution in [0, 0.1) is 5.92 Å². The minimum absolute atomic E-state index is 0.1000. The van der Waals surface area contributed by atoms with Crippen LogP contribution in [0.25, 0.3) is 0 Å². The van der Waals surface area contributed by atoms with Crippen LogP contribution in [0.1, 0.15) is 72.4 Å². The third-order valence-electron chi connectivity index (χ3n) is 3.70. The fraction of sp³-hybridized carbons (Fsp3) is 0.556. The Balaban J connectivity index is 3.19. The van der Waals surface area contributed by atoms with Gasteiger partial charge in [-0.05, 0) is 49.3 Å². The normalized spacial score (nSPS) is 10.8. The maximum Gasteiger partial charge on any atom is 0.339 e. The summed E-state index contributed by atoms with van der Waals surface area (Å²) in [5.74, 6) is -1.00. The van der Waals surface area contributed by atoms with E-state index in [9.17, 15) is 14.7 Å². The number of hydrogen-bond acceptors (Lipinski definition) is 3. The van der Waals surface area contributed by atoms with E-state index in [0.717, 1.165) is 30.4 Å². The molecule has 0 radical (unpaired) electrons. The first-order chi connectivity index (χ1) is 10.4. The largest absolute Gasteiger partial charge is 0.478 e. The zero-order valence-electron chi connectivity index (χ0n) is 13.9. The predicted octanol–water partition coefficient (Wildman–Crippen LogP) is 4.10. The Morgan fingerprint density at radius 1 is 1.23 bits per heavy atom. The van der Waals surface area contributed by atoms with Crippen molar-refractivity contribution in [2.45, 2.75) is 53.4 Å². The van der Waals surface area contributed by atoms with Gasteiger partial charge in [0.15, 0.2) is 0 Å². The van der Waals surface area contributed by atoms with Gasteiger partial charge in [0.2, 0.25) is 0 Å². The van der Waals surface area contributed by atoms with Crippen molar-refractivity contribution in [3.63, 3.8) is 0 Å². The van der Waals surface area contributed by atoms with E-state index in [4.69, 9.17) is 4.74 Å². The van der Waals surface area contributed by atoms with E-state index in [-0.39, 0.29) is 17.7 Å². The average Bonchev–Trinajstić information content (AvgIpc) is 2.46. The van der Waals surface area contributed by atoms with Gasteiger partial charge in [-0.15, -0.1) is 0 Å². The molecule has 0 aliphatic rings. The molecule has 1 N–H and O–H groups in total. The summed E-state index contributed by atoms with van der Waals surface area (Å²) in [4.78, 5) is 23.6. The van der Waals surface area contributed by atoms with Crippen LogP contribution in [0.5, 0.6) is 0 Å². The highest BCUT2D eigenvalue weighted by atomic mass is 16.5. The monoisotopic (exact) mass is 306 g/mol. The number of carboxylic acid groups (broad SMARTS) is 1. The second kappa shape index (κ2) is 8.57. The summed E-state index contributed by atoms with van der Waals surface area (Å²) in [6.07, 6.45) is 3.55. The Bertz CT molecular complexity index is 532. The molecule has 22 heavy (non-hydrogen) atoms. The Labute approximate surface area is 132 Å². The zero-order valence-corrected chi connectivity index (χ0v) is 13.9. The van der Waals surface area contributed by atoms with E-state index in [0.29, 0.717) is 12.3 Å². The van der Waals surface area contributed by atoms with Crippen molar-refractivity contribution >= 4 is 11.9 Å². The highest BCUT2D eigenvalue weighted by molar-refractivity contribution is 6.03. The molecule has 1 rings (SSSR count). The van der Waals surface area contributed by atoms with Gasteiger partial charge in [0, 0.05) is 0 Å². The van der Waals surface area contributed by atoms with Gasteiger partial charge >= 0.3 is 11.9 Å². The fourth-order valence-corrected chi connectivity index (χ4v) is 2.65. The molecule has 0 aliphatic carbocycles. The van der Waals surface area contributed by atoms with E-state index in [1.54, 1.807) is 13.0 Å². The maximum absolute atomic E-state index is 12.0. The molecule has 0 unspecified atom stereocenters. The predicted molar refractivity (Wildman–Crippen MR) is 86.5 cm³/mol. The van der Waals surface area contributed by atoms with Crippen LogP contribution in [0.15, 0.2) is 12.1 Å². The summed E-state index contributed by atoms with van der Waals surface area (Å²) >= 11 is 0. The summed E-state index contributed by atoms with van der Waals surface area (Å²) in [6, 6.07) is 3.46. The van der Waals surface area contributed by atoms with Crippen LogP contribution in [0.2, 0.25) is 0 Å². The lowest BCUT2D eigenvalue weighted by atomic mass is 9.91. The first-order valence-electron chi connectivity index (χ1n) is 7.97. The Kier molecular flexibility index (Phi) is 7.09. The van der Waals surface area contributed by atoms with Crippen LogP contribution in [-0.4, -0.2) is 23.7 Å². The number of carbonyl (C=O) groups is 2. The molecule has 0 atom stereocenters. The van der Waals surface area contributed by atoms with Gasteiger partial charge in [-0.2, -0.15) is 0 Å². The summed E-state index contributed by atoms with van der Waals surface area (Å²) in [6.45, 7) is 8.21. The van der Waals surface area contributed by atoms with Crippen molar-refractivity contribution in [2.24, 2.45) is 5.92 Å². The molecule has 0 fully saturated rings. The standard InChI is InChI=1S/C18H26O4/c1-5-14-13(9-7-8-12(3)4)10-11-15(16(14)17(19)20)18(21)22-6-2/h10-12H,5-9H2,1-4H3,(H,19,20). The first-order valence-corrected chi connectivity index (χ1v) is 7.97. The molecule has 0 saturated carbocycles. The molecule has 0 saturated heterocycles. The van der Waals surface area contributed by atoms with E-state index >= 15 is 0 Å². The summed E-state index contributed by atoms with van der Waals surface area (Å²) in [5, 5.41) is 9.53. The number of aromatic carboxylic acids is 1. The van der Waals surface area contributed by atoms with E-state index in [2.05, 4.69) is 13.8 Å². The van der Waals surface area contributed by atoms with Crippen molar-refractivity contribution in [1.29, 1.82) is 0 Å². The zero-order chi connectivity index (χ0) is 16.7. The lowest BCUT2D eigenvalue weighted by molar-refractivity contribution is 0.0514. The van der Waals surface area contributed by atoms with Crippen LogP contribution in [0.3, 0.4) is 0 Å². The number of ether oxygens (including phenoxy) is 1. The number of rotatable bonds is 8. The molecule has 1 aromatic carbocycles. The number of carboxylic acids is 1. The number of esters is 1. The molecule has 0 aromatic heterocycles. The maximum atomic E-state index is 12.0. The third kappa shape index (κ3) is 4.58. The topological polar surface area (TPSA) is 63.6 Å². The summed E-state index contributed by atoms with van der Waals surface area (Å²) < 4.78 is 4.97. The van der Waals surface area contributed by atoms with Crippen molar-refractivity contribution < 1.29 is 19.4 Å².